The number of nitrogens with zero attached hydrogens (tertiary/aromatic N) is 4. The summed E-state index contributed by atoms with van der Waals surface area (Å²) in [5, 5.41) is 2.56. The molecule has 4 nitrogen and oxygen atoms in total. The molecule has 1 aliphatic carbocycles. The zero-order chi connectivity index (χ0) is 37.7. The summed E-state index contributed by atoms with van der Waals surface area (Å²) in [6.07, 6.45) is 11.2. The van der Waals surface area contributed by atoms with Crippen molar-refractivity contribution in [3.8, 4) is 33.6 Å². The van der Waals surface area contributed by atoms with Gasteiger partial charge in [-0.05, 0) is 100 Å². The number of anilines is 5. The topological polar surface area (TPSA) is 23.8 Å². The minimum atomic E-state index is 0.257. The molecule has 270 valence electrons. The summed E-state index contributed by atoms with van der Waals surface area (Å²) in [6, 6.07) is 67.8. The summed E-state index contributed by atoms with van der Waals surface area (Å²) < 4.78 is 2.18. The van der Waals surface area contributed by atoms with E-state index in [0.717, 1.165) is 45.2 Å². The lowest BCUT2D eigenvalue weighted by Gasteiger charge is -2.29. The van der Waals surface area contributed by atoms with Crippen LogP contribution in [0.3, 0.4) is 0 Å². The number of fused-ring (bicyclic) bond motifs is 5. The van der Waals surface area contributed by atoms with Crippen molar-refractivity contribution < 1.29 is 0 Å². The van der Waals surface area contributed by atoms with Crippen molar-refractivity contribution in [1.29, 1.82) is 0 Å². The average molecular weight is 731 g/mol. The van der Waals surface area contributed by atoms with Gasteiger partial charge >= 0.3 is 0 Å². The highest BCUT2D eigenvalue weighted by Gasteiger charge is 2.37. The fourth-order valence-electron chi connectivity index (χ4n) is 8.83. The van der Waals surface area contributed by atoms with Gasteiger partial charge in [0.2, 0.25) is 0 Å². The monoisotopic (exact) mass is 730 g/mol. The van der Waals surface area contributed by atoms with Crippen LogP contribution in [0.25, 0.3) is 50.1 Å². The molecule has 2 unspecified atom stereocenters. The van der Waals surface area contributed by atoms with Crippen LogP contribution in [0.2, 0.25) is 0 Å². The van der Waals surface area contributed by atoms with Gasteiger partial charge in [0.1, 0.15) is 5.65 Å². The first-order valence-electron chi connectivity index (χ1n) is 19.6. The van der Waals surface area contributed by atoms with Gasteiger partial charge in [0.15, 0.2) is 0 Å². The van der Waals surface area contributed by atoms with E-state index in [1.54, 1.807) is 0 Å². The van der Waals surface area contributed by atoms with E-state index in [0.29, 0.717) is 5.92 Å². The maximum Gasteiger partial charge on any atom is 0.137 e. The van der Waals surface area contributed by atoms with E-state index in [4.69, 9.17) is 4.98 Å². The highest BCUT2D eigenvalue weighted by molar-refractivity contribution is 5.92. The molecule has 3 heterocycles. The standard InChI is InChI=1S/C53H38N4/c1-3-14-39(15-4-1)53-52(54-51-24-11-12-33-55(51)53)42-18-13-21-46(34-42)56(43-19-5-2-6-20-43)44-29-25-37(26-30-44)38-27-31-45(32-28-38)57-49-23-10-9-22-47(49)48-35-40-16-7-8-17-41(40)36-50(48)57/h1-36,47,49H. The van der Waals surface area contributed by atoms with Crippen molar-refractivity contribution in [2.45, 2.75) is 12.0 Å². The molecule has 0 saturated heterocycles. The molecular weight excluding hydrogens is 693 g/mol. The Hall–Kier alpha value is -7.43. The van der Waals surface area contributed by atoms with Crippen LogP contribution in [-0.4, -0.2) is 15.4 Å². The molecule has 11 rings (SSSR count). The number of hydrogen-bond acceptors (Lipinski definition) is 3. The SMILES string of the molecule is C1=CC2c3cc4ccccc4cc3N(c3ccc(-c4ccc(N(c5ccccc5)c5cccc(-c6nc7ccccn7c6-c6ccccc6)c5)cc4)cc3)C2C=C1. The van der Waals surface area contributed by atoms with E-state index >= 15 is 0 Å². The van der Waals surface area contributed by atoms with E-state index in [9.17, 15) is 0 Å². The lowest BCUT2D eigenvalue weighted by atomic mass is 9.90. The van der Waals surface area contributed by atoms with Crippen LogP contribution in [-0.2, 0) is 0 Å². The zero-order valence-electron chi connectivity index (χ0n) is 31.2. The van der Waals surface area contributed by atoms with E-state index in [-0.39, 0.29) is 6.04 Å². The summed E-state index contributed by atoms with van der Waals surface area (Å²) in [7, 11) is 0. The Balaban J connectivity index is 0.934. The van der Waals surface area contributed by atoms with Gasteiger partial charge in [0.25, 0.3) is 0 Å². The van der Waals surface area contributed by atoms with Crippen molar-refractivity contribution in [1.82, 2.24) is 9.38 Å². The Morgan fingerprint density at radius 1 is 0.474 bits per heavy atom. The predicted octanol–water partition coefficient (Wildman–Crippen LogP) is 13.7. The van der Waals surface area contributed by atoms with Gasteiger partial charge in [-0.2, -0.15) is 0 Å². The number of aromatic nitrogens is 2. The van der Waals surface area contributed by atoms with Crippen LogP contribution >= 0.6 is 0 Å². The number of para-hydroxylation sites is 1. The van der Waals surface area contributed by atoms with Crippen LogP contribution in [0.1, 0.15) is 11.5 Å². The largest absolute Gasteiger partial charge is 0.333 e. The number of allylic oxidation sites excluding steroid dienone is 2. The summed E-state index contributed by atoms with van der Waals surface area (Å²) >= 11 is 0. The highest BCUT2D eigenvalue weighted by Crippen LogP contribution is 2.49. The number of imidazole rings is 1. The van der Waals surface area contributed by atoms with Gasteiger partial charge < -0.3 is 9.80 Å². The van der Waals surface area contributed by atoms with Crippen LogP contribution in [0.15, 0.2) is 219 Å². The minimum absolute atomic E-state index is 0.257. The van der Waals surface area contributed by atoms with Crippen molar-refractivity contribution in [2.24, 2.45) is 0 Å². The summed E-state index contributed by atoms with van der Waals surface area (Å²) in [4.78, 5) is 10.00. The minimum Gasteiger partial charge on any atom is -0.333 e. The molecule has 9 aromatic rings. The van der Waals surface area contributed by atoms with E-state index in [1.165, 1.54) is 38.8 Å². The van der Waals surface area contributed by atoms with Crippen LogP contribution in [0.4, 0.5) is 28.4 Å². The van der Waals surface area contributed by atoms with Gasteiger partial charge in [0, 0.05) is 51.7 Å². The smallest absolute Gasteiger partial charge is 0.137 e. The van der Waals surface area contributed by atoms with E-state index in [2.05, 4.69) is 227 Å². The molecule has 0 spiro atoms. The third-order valence-corrected chi connectivity index (χ3v) is 11.5. The Morgan fingerprint density at radius 3 is 1.89 bits per heavy atom. The summed E-state index contributed by atoms with van der Waals surface area (Å²) in [6.45, 7) is 0. The molecular formula is C53H38N4. The lowest BCUT2D eigenvalue weighted by molar-refractivity contribution is 0.745. The molecule has 0 bridgehead atoms. The molecule has 2 aliphatic rings. The molecule has 0 N–H and O–H groups in total. The number of benzene rings is 7. The molecule has 57 heavy (non-hydrogen) atoms. The second-order valence-corrected chi connectivity index (χ2v) is 14.8. The van der Waals surface area contributed by atoms with Crippen LogP contribution in [0.5, 0.6) is 0 Å². The number of pyridine rings is 1. The molecule has 2 atom stereocenters. The van der Waals surface area contributed by atoms with Gasteiger partial charge in [-0.25, -0.2) is 4.98 Å². The Kier molecular flexibility index (Phi) is 7.92. The molecule has 0 radical (unpaired) electrons. The first-order valence-corrected chi connectivity index (χ1v) is 19.6. The van der Waals surface area contributed by atoms with Gasteiger partial charge in [-0.1, -0.05) is 140 Å². The quantitative estimate of drug-likeness (QED) is 0.163. The molecule has 4 heteroatoms. The van der Waals surface area contributed by atoms with E-state index < -0.39 is 0 Å². The van der Waals surface area contributed by atoms with Crippen molar-refractivity contribution in [3.05, 3.63) is 224 Å². The van der Waals surface area contributed by atoms with Gasteiger partial charge in [-0.3, -0.25) is 4.40 Å². The van der Waals surface area contributed by atoms with Crippen LogP contribution in [0, 0.1) is 0 Å². The van der Waals surface area contributed by atoms with Crippen molar-refractivity contribution in [2.75, 3.05) is 9.80 Å². The maximum atomic E-state index is 5.16. The first kappa shape index (κ1) is 33.0. The van der Waals surface area contributed by atoms with Gasteiger partial charge in [0.05, 0.1) is 17.4 Å². The fourth-order valence-corrected chi connectivity index (χ4v) is 8.83. The molecule has 0 fully saturated rings. The molecule has 0 amide bonds. The second-order valence-electron chi connectivity index (χ2n) is 14.8. The first-order chi connectivity index (χ1) is 28.3. The number of rotatable bonds is 7. The van der Waals surface area contributed by atoms with Crippen molar-refractivity contribution in [3.63, 3.8) is 0 Å². The molecule has 0 saturated carbocycles. The fraction of sp³-hybridized carbons (Fsp3) is 0.0377. The third kappa shape index (κ3) is 5.73. The summed E-state index contributed by atoms with van der Waals surface area (Å²) in [5.74, 6) is 0.334. The number of hydrogen-bond donors (Lipinski definition) is 0. The normalized spacial score (nSPS) is 15.5. The highest BCUT2D eigenvalue weighted by atomic mass is 15.2. The van der Waals surface area contributed by atoms with E-state index in [1.807, 2.05) is 6.07 Å². The van der Waals surface area contributed by atoms with Crippen LogP contribution < -0.4 is 9.80 Å². The average Bonchev–Trinajstić information content (AvgIpc) is 3.83. The second kappa shape index (κ2) is 13.7. The summed E-state index contributed by atoms with van der Waals surface area (Å²) in [5.41, 5.74) is 14.6. The Morgan fingerprint density at radius 2 is 1.11 bits per heavy atom. The lowest BCUT2D eigenvalue weighted by Crippen LogP contribution is -2.28. The maximum absolute atomic E-state index is 5.16. The van der Waals surface area contributed by atoms with Crippen molar-refractivity contribution >= 4 is 44.9 Å². The zero-order valence-corrected chi connectivity index (χ0v) is 31.2. The molecule has 1 aliphatic heterocycles. The third-order valence-electron chi connectivity index (χ3n) is 11.5. The molecule has 2 aromatic heterocycles. The Bertz CT molecular complexity index is 2960. The molecule has 7 aromatic carbocycles. The van der Waals surface area contributed by atoms with Gasteiger partial charge in [-0.15, -0.1) is 0 Å². The Labute approximate surface area is 332 Å². The predicted molar refractivity (Wildman–Crippen MR) is 237 cm³/mol.